The molecular formula is C18H16Cl2N2O2. The van der Waals surface area contributed by atoms with Gasteiger partial charge in [-0.25, -0.2) is 0 Å². The first kappa shape index (κ1) is 16.8. The zero-order chi connectivity index (χ0) is 17.3. The van der Waals surface area contributed by atoms with E-state index in [-0.39, 0.29) is 17.5 Å². The van der Waals surface area contributed by atoms with Gasteiger partial charge in [-0.2, -0.15) is 0 Å². The van der Waals surface area contributed by atoms with Crippen LogP contribution in [0.1, 0.15) is 22.0 Å². The van der Waals surface area contributed by atoms with Crippen molar-refractivity contribution in [2.45, 2.75) is 6.10 Å². The van der Waals surface area contributed by atoms with Crippen LogP contribution in [0.3, 0.4) is 0 Å². The first-order valence-electron chi connectivity index (χ1n) is 7.42. The Bertz CT molecular complexity index is 905. The number of halogens is 2. The SMILES string of the molecule is Cn1cc([C@@H](O)CNC(=O)c2ccc(Cl)cc2Cl)c2ccccc21. The highest BCUT2D eigenvalue weighted by molar-refractivity contribution is 6.36. The number of nitrogens with one attached hydrogen (secondary N) is 1. The molecule has 2 aromatic carbocycles. The molecule has 0 radical (unpaired) electrons. The van der Waals surface area contributed by atoms with E-state index in [1.54, 1.807) is 12.1 Å². The molecule has 0 bridgehead atoms. The molecule has 2 N–H and O–H groups in total. The van der Waals surface area contributed by atoms with Gasteiger partial charge in [-0.05, 0) is 24.3 Å². The summed E-state index contributed by atoms with van der Waals surface area (Å²) >= 11 is 11.9. The fraction of sp³-hybridized carbons (Fsp3) is 0.167. The smallest absolute Gasteiger partial charge is 0.252 e. The minimum atomic E-state index is -0.814. The Morgan fingerprint density at radius 1 is 1.25 bits per heavy atom. The number of benzene rings is 2. The predicted octanol–water partition coefficient (Wildman–Crippen LogP) is 3.95. The van der Waals surface area contributed by atoms with Crippen molar-refractivity contribution in [1.82, 2.24) is 9.88 Å². The quantitative estimate of drug-likeness (QED) is 0.738. The van der Waals surface area contributed by atoms with Crippen LogP contribution in [0.4, 0.5) is 0 Å². The van der Waals surface area contributed by atoms with Crippen LogP contribution >= 0.6 is 23.2 Å². The second kappa shape index (κ2) is 6.85. The third-order valence-electron chi connectivity index (χ3n) is 3.92. The predicted molar refractivity (Wildman–Crippen MR) is 96.7 cm³/mol. The summed E-state index contributed by atoms with van der Waals surface area (Å²) in [7, 11) is 1.92. The number of para-hydroxylation sites is 1. The fourth-order valence-corrected chi connectivity index (χ4v) is 3.20. The molecule has 4 nitrogen and oxygen atoms in total. The topological polar surface area (TPSA) is 54.3 Å². The molecule has 0 aliphatic rings. The molecule has 0 aliphatic heterocycles. The summed E-state index contributed by atoms with van der Waals surface area (Å²) in [5, 5.41) is 14.9. The minimum absolute atomic E-state index is 0.0891. The molecule has 24 heavy (non-hydrogen) atoms. The van der Waals surface area contributed by atoms with Gasteiger partial charge in [0.05, 0.1) is 16.7 Å². The monoisotopic (exact) mass is 362 g/mol. The summed E-state index contributed by atoms with van der Waals surface area (Å²) in [4.78, 5) is 12.2. The number of fused-ring (bicyclic) bond motifs is 1. The number of rotatable bonds is 4. The van der Waals surface area contributed by atoms with Crippen molar-refractivity contribution in [2.75, 3.05) is 6.54 Å². The Morgan fingerprint density at radius 2 is 2.00 bits per heavy atom. The number of hydrogen-bond acceptors (Lipinski definition) is 2. The molecule has 0 spiro atoms. The third kappa shape index (κ3) is 3.26. The van der Waals surface area contributed by atoms with E-state index in [1.165, 1.54) is 6.07 Å². The molecule has 6 heteroatoms. The van der Waals surface area contributed by atoms with E-state index in [0.717, 1.165) is 16.5 Å². The van der Waals surface area contributed by atoms with Crippen LogP contribution in [0.5, 0.6) is 0 Å². The number of hydrogen-bond donors (Lipinski definition) is 2. The van der Waals surface area contributed by atoms with E-state index in [1.807, 2.05) is 42.1 Å². The maximum Gasteiger partial charge on any atom is 0.252 e. The molecular weight excluding hydrogens is 347 g/mol. The summed E-state index contributed by atoms with van der Waals surface area (Å²) in [6, 6.07) is 12.5. The Morgan fingerprint density at radius 3 is 2.75 bits per heavy atom. The molecule has 1 heterocycles. The minimum Gasteiger partial charge on any atom is -0.386 e. The van der Waals surface area contributed by atoms with Gasteiger partial charge >= 0.3 is 0 Å². The average molecular weight is 363 g/mol. The molecule has 0 fully saturated rings. The Hall–Kier alpha value is -2.01. The zero-order valence-electron chi connectivity index (χ0n) is 13.0. The summed E-state index contributed by atoms with van der Waals surface area (Å²) in [5.74, 6) is -0.351. The lowest BCUT2D eigenvalue weighted by atomic mass is 10.1. The van der Waals surface area contributed by atoms with Gasteiger partial charge in [0.1, 0.15) is 0 Å². The highest BCUT2D eigenvalue weighted by Gasteiger charge is 2.17. The van der Waals surface area contributed by atoms with Gasteiger partial charge in [0.15, 0.2) is 0 Å². The van der Waals surface area contributed by atoms with Crippen LogP contribution in [-0.4, -0.2) is 22.1 Å². The van der Waals surface area contributed by atoms with Crippen molar-refractivity contribution >= 4 is 40.0 Å². The van der Waals surface area contributed by atoms with Gasteiger partial charge < -0.3 is 15.0 Å². The van der Waals surface area contributed by atoms with Crippen molar-refractivity contribution in [3.05, 3.63) is 69.8 Å². The Balaban J connectivity index is 1.75. The summed E-state index contributed by atoms with van der Waals surface area (Å²) in [6.45, 7) is 0.0891. The molecule has 0 saturated carbocycles. The first-order chi connectivity index (χ1) is 11.5. The van der Waals surface area contributed by atoms with Crippen LogP contribution in [0.2, 0.25) is 10.0 Å². The average Bonchev–Trinajstić information content (AvgIpc) is 2.90. The van der Waals surface area contributed by atoms with E-state index in [0.29, 0.717) is 10.6 Å². The van der Waals surface area contributed by atoms with Crippen molar-refractivity contribution in [3.63, 3.8) is 0 Å². The summed E-state index contributed by atoms with van der Waals surface area (Å²) in [6.07, 6.45) is 1.06. The van der Waals surface area contributed by atoms with E-state index >= 15 is 0 Å². The van der Waals surface area contributed by atoms with Crippen molar-refractivity contribution in [1.29, 1.82) is 0 Å². The van der Waals surface area contributed by atoms with Crippen molar-refractivity contribution < 1.29 is 9.90 Å². The maximum atomic E-state index is 12.2. The summed E-state index contributed by atoms with van der Waals surface area (Å²) in [5.41, 5.74) is 2.13. The maximum absolute atomic E-state index is 12.2. The van der Waals surface area contributed by atoms with Crippen LogP contribution < -0.4 is 5.32 Å². The number of aryl methyl sites for hydroxylation is 1. The fourth-order valence-electron chi connectivity index (χ4n) is 2.71. The van der Waals surface area contributed by atoms with Gasteiger partial charge in [-0.3, -0.25) is 4.79 Å². The van der Waals surface area contributed by atoms with Gasteiger partial charge in [0, 0.05) is 41.3 Å². The second-order valence-corrected chi connectivity index (χ2v) is 6.41. The number of carbonyl (C=O) groups excluding carboxylic acids is 1. The summed E-state index contributed by atoms with van der Waals surface area (Å²) < 4.78 is 1.95. The third-order valence-corrected chi connectivity index (χ3v) is 4.47. The zero-order valence-corrected chi connectivity index (χ0v) is 14.5. The molecule has 3 rings (SSSR count). The van der Waals surface area contributed by atoms with Crippen LogP contribution in [0.25, 0.3) is 10.9 Å². The van der Waals surface area contributed by atoms with Gasteiger partial charge in [-0.15, -0.1) is 0 Å². The first-order valence-corrected chi connectivity index (χ1v) is 8.18. The van der Waals surface area contributed by atoms with Crippen LogP contribution in [0.15, 0.2) is 48.7 Å². The number of aliphatic hydroxyl groups excluding tert-OH is 1. The van der Waals surface area contributed by atoms with Crippen LogP contribution in [0, 0.1) is 0 Å². The van der Waals surface area contributed by atoms with E-state index in [2.05, 4.69) is 5.32 Å². The Labute approximate surface area is 149 Å². The molecule has 0 unspecified atom stereocenters. The van der Waals surface area contributed by atoms with E-state index in [9.17, 15) is 9.90 Å². The van der Waals surface area contributed by atoms with E-state index < -0.39 is 6.10 Å². The van der Waals surface area contributed by atoms with Gasteiger partial charge in [0.2, 0.25) is 0 Å². The molecule has 124 valence electrons. The molecule has 0 aliphatic carbocycles. The van der Waals surface area contributed by atoms with Gasteiger partial charge in [-0.1, -0.05) is 41.4 Å². The number of carbonyl (C=O) groups is 1. The highest BCUT2D eigenvalue weighted by Crippen LogP contribution is 2.26. The second-order valence-electron chi connectivity index (χ2n) is 5.56. The number of nitrogens with zero attached hydrogens (tertiary/aromatic N) is 1. The highest BCUT2D eigenvalue weighted by atomic mass is 35.5. The van der Waals surface area contributed by atoms with Crippen molar-refractivity contribution in [2.24, 2.45) is 7.05 Å². The number of aromatic nitrogens is 1. The van der Waals surface area contributed by atoms with Gasteiger partial charge in [0.25, 0.3) is 5.91 Å². The molecule has 3 aromatic rings. The molecule has 0 saturated heterocycles. The lowest BCUT2D eigenvalue weighted by Gasteiger charge is -2.12. The van der Waals surface area contributed by atoms with Crippen LogP contribution in [-0.2, 0) is 7.05 Å². The van der Waals surface area contributed by atoms with Crippen molar-refractivity contribution in [3.8, 4) is 0 Å². The van der Waals surface area contributed by atoms with E-state index in [4.69, 9.17) is 23.2 Å². The standard InChI is InChI=1S/C18H16Cl2N2O2/c1-22-10-14(12-4-2-3-5-16(12)22)17(23)9-21-18(24)13-7-6-11(19)8-15(13)20/h2-8,10,17,23H,9H2,1H3,(H,21,24)/t17-/m0/s1. The number of amides is 1. The lowest BCUT2D eigenvalue weighted by Crippen LogP contribution is -2.28. The normalized spacial score (nSPS) is 12.3. The molecule has 1 aromatic heterocycles. The Kier molecular flexibility index (Phi) is 4.81. The largest absolute Gasteiger partial charge is 0.386 e. The number of aliphatic hydroxyl groups is 1. The molecule has 1 atom stereocenters. The molecule has 1 amide bonds. The lowest BCUT2D eigenvalue weighted by molar-refractivity contribution is 0.0917.